The van der Waals surface area contributed by atoms with Crippen molar-refractivity contribution in [2.24, 2.45) is 0 Å². The van der Waals surface area contributed by atoms with Crippen molar-refractivity contribution in [3.8, 4) is 11.3 Å². The molecule has 3 aromatic heterocycles. The van der Waals surface area contributed by atoms with Gasteiger partial charge in [-0.05, 0) is 18.9 Å². The fourth-order valence-corrected chi connectivity index (χ4v) is 4.16. The van der Waals surface area contributed by atoms with Crippen molar-refractivity contribution in [2.75, 3.05) is 30.4 Å². The van der Waals surface area contributed by atoms with E-state index in [1.54, 1.807) is 43.2 Å². The number of aromatic nitrogens is 5. The zero-order chi connectivity index (χ0) is 20.8. The summed E-state index contributed by atoms with van der Waals surface area (Å²) in [5, 5.41) is 10.5. The Labute approximate surface area is 170 Å². The number of hydrogen-bond acceptors (Lipinski definition) is 6. The molecule has 1 amide bonds. The van der Waals surface area contributed by atoms with Crippen LogP contribution >= 0.6 is 0 Å². The molecule has 30 heavy (non-hydrogen) atoms. The Morgan fingerprint density at radius 2 is 2.23 bits per heavy atom. The van der Waals surface area contributed by atoms with Crippen molar-refractivity contribution in [2.45, 2.75) is 19.4 Å². The Balaban J connectivity index is 1.66. The number of fused-ring (bicyclic) bond motifs is 2. The molecule has 1 fully saturated rings. The van der Waals surface area contributed by atoms with Crippen LogP contribution in [0.25, 0.3) is 27.8 Å². The van der Waals surface area contributed by atoms with Gasteiger partial charge in [-0.15, -0.1) is 0 Å². The van der Waals surface area contributed by atoms with Gasteiger partial charge in [-0.3, -0.25) is 14.9 Å². The molecule has 4 heterocycles. The van der Waals surface area contributed by atoms with E-state index in [1.807, 2.05) is 4.90 Å². The van der Waals surface area contributed by atoms with E-state index in [0.717, 1.165) is 11.8 Å². The van der Waals surface area contributed by atoms with E-state index in [1.165, 1.54) is 0 Å². The minimum Gasteiger partial charge on any atom is -0.380 e. The molecular formula is C20H20FN7O2. The van der Waals surface area contributed by atoms with Gasteiger partial charge in [0.25, 0.3) is 0 Å². The summed E-state index contributed by atoms with van der Waals surface area (Å²) < 4.78 is 22.8. The van der Waals surface area contributed by atoms with Gasteiger partial charge in [-0.25, -0.2) is 9.37 Å². The summed E-state index contributed by atoms with van der Waals surface area (Å²) in [7, 11) is 1.68. The molecule has 1 aromatic carbocycles. The molecule has 0 bridgehead atoms. The Bertz CT molecular complexity index is 1270. The minimum absolute atomic E-state index is 0.0850. The zero-order valence-electron chi connectivity index (χ0n) is 16.5. The lowest BCUT2D eigenvalue weighted by Gasteiger charge is -2.22. The number of ether oxygens (including phenoxy) is 1. The van der Waals surface area contributed by atoms with Crippen molar-refractivity contribution in [3.63, 3.8) is 0 Å². The summed E-state index contributed by atoms with van der Waals surface area (Å²) in [6, 6.07) is 0. The van der Waals surface area contributed by atoms with Gasteiger partial charge in [0, 0.05) is 37.3 Å². The van der Waals surface area contributed by atoms with Gasteiger partial charge in [0.05, 0.1) is 41.6 Å². The third-order valence-corrected chi connectivity index (χ3v) is 5.66. The quantitative estimate of drug-likeness (QED) is 0.491. The van der Waals surface area contributed by atoms with E-state index >= 15 is 4.39 Å². The number of hydrogen-bond donors (Lipinski definition) is 2. The number of aromatic amines is 1. The first-order valence-corrected chi connectivity index (χ1v) is 9.59. The SMILES string of the molecule is CO[C@@H]1CCN(c2c(F)c(C)c(-c3cn4cc(NC=O)nc4cn3)c3cn[nH]c23)C1. The maximum absolute atomic E-state index is 15.6. The number of amides is 1. The number of benzene rings is 1. The first-order valence-electron chi connectivity index (χ1n) is 9.59. The van der Waals surface area contributed by atoms with Crippen LogP contribution in [0.15, 0.2) is 24.8 Å². The highest BCUT2D eigenvalue weighted by Crippen LogP contribution is 2.40. The molecule has 10 heteroatoms. The number of nitrogens with zero attached hydrogens (tertiary/aromatic N) is 5. The van der Waals surface area contributed by atoms with Crippen molar-refractivity contribution >= 4 is 34.5 Å². The number of anilines is 2. The summed E-state index contributed by atoms with van der Waals surface area (Å²) in [6.07, 6.45) is 8.23. The molecule has 5 rings (SSSR count). The molecule has 154 valence electrons. The lowest BCUT2D eigenvalue weighted by Crippen LogP contribution is -2.24. The molecule has 4 aromatic rings. The number of nitrogens with one attached hydrogen (secondary N) is 2. The second-order valence-electron chi connectivity index (χ2n) is 7.34. The van der Waals surface area contributed by atoms with Gasteiger partial charge in [-0.1, -0.05) is 0 Å². The highest BCUT2D eigenvalue weighted by molar-refractivity contribution is 6.02. The van der Waals surface area contributed by atoms with E-state index in [2.05, 4.69) is 25.5 Å². The number of H-pyrrole nitrogens is 1. The van der Waals surface area contributed by atoms with Gasteiger partial charge in [0.1, 0.15) is 0 Å². The van der Waals surface area contributed by atoms with E-state index in [-0.39, 0.29) is 11.9 Å². The molecule has 1 saturated heterocycles. The number of imidazole rings is 1. The lowest BCUT2D eigenvalue weighted by molar-refractivity contribution is -0.105. The van der Waals surface area contributed by atoms with Gasteiger partial charge < -0.3 is 19.4 Å². The third kappa shape index (κ3) is 2.79. The van der Waals surface area contributed by atoms with Crippen molar-refractivity contribution in [1.29, 1.82) is 0 Å². The summed E-state index contributed by atoms with van der Waals surface area (Å²) in [5.41, 5.74) is 3.48. The molecule has 1 atom stereocenters. The van der Waals surface area contributed by atoms with Crippen molar-refractivity contribution in [3.05, 3.63) is 36.2 Å². The summed E-state index contributed by atoms with van der Waals surface area (Å²) in [5.74, 6) is 0.117. The third-order valence-electron chi connectivity index (χ3n) is 5.66. The fourth-order valence-electron chi connectivity index (χ4n) is 4.16. The monoisotopic (exact) mass is 409 g/mol. The normalized spacial score (nSPS) is 16.6. The maximum Gasteiger partial charge on any atom is 0.212 e. The highest BCUT2D eigenvalue weighted by Gasteiger charge is 2.29. The predicted molar refractivity (Wildman–Crippen MR) is 110 cm³/mol. The zero-order valence-corrected chi connectivity index (χ0v) is 16.5. The first kappa shape index (κ1) is 18.5. The van der Waals surface area contributed by atoms with Crippen LogP contribution in [0, 0.1) is 12.7 Å². The van der Waals surface area contributed by atoms with E-state index in [4.69, 9.17) is 4.74 Å². The van der Waals surface area contributed by atoms with Crippen molar-refractivity contribution < 1.29 is 13.9 Å². The Morgan fingerprint density at radius 1 is 1.37 bits per heavy atom. The molecule has 1 aliphatic heterocycles. The topological polar surface area (TPSA) is 100 Å². The number of carbonyl (C=O) groups is 1. The van der Waals surface area contributed by atoms with Gasteiger partial charge in [-0.2, -0.15) is 5.10 Å². The minimum atomic E-state index is -0.297. The van der Waals surface area contributed by atoms with E-state index in [0.29, 0.717) is 59.0 Å². The molecule has 9 nitrogen and oxygen atoms in total. The standard InChI is InChI=1S/C20H20FN7O2/c1-11-17(14-8-28-9-15(23-10-29)25-16(28)6-22-14)13-5-24-26-19(13)20(18(11)21)27-4-3-12(7-27)30-2/h5-6,8-10,12H,3-4,7H2,1-2H3,(H,23,29)(H,24,26)/t12-/m1/s1. The average Bonchev–Trinajstić information content (AvgIpc) is 3.48. The van der Waals surface area contributed by atoms with Gasteiger partial charge in [0.15, 0.2) is 17.3 Å². The molecule has 0 radical (unpaired) electrons. The molecular weight excluding hydrogens is 389 g/mol. The summed E-state index contributed by atoms with van der Waals surface area (Å²) in [6.45, 7) is 3.10. The van der Waals surface area contributed by atoms with E-state index in [9.17, 15) is 4.79 Å². The predicted octanol–water partition coefficient (Wildman–Crippen LogP) is 2.51. The Morgan fingerprint density at radius 3 is 3.00 bits per heavy atom. The van der Waals surface area contributed by atoms with E-state index < -0.39 is 0 Å². The molecule has 0 unspecified atom stereocenters. The van der Waals surface area contributed by atoms with Crippen LogP contribution in [0.1, 0.15) is 12.0 Å². The summed E-state index contributed by atoms with van der Waals surface area (Å²) >= 11 is 0. The molecule has 1 aliphatic rings. The van der Waals surface area contributed by atoms with Gasteiger partial charge in [0.2, 0.25) is 6.41 Å². The lowest BCUT2D eigenvalue weighted by atomic mass is 9.99. The largest absolute Gasteiger partial charge is 0.380 e. The Kier molecular flexibility index (Phi) is 4.35. The number of methoxy groups -OCH3 is 1. The smallest absolute Gasteiger partial charge is 0.212 e. The van der Waals surface area contributed by atoms with Crippen LogP contribution in [-0.4, -0.2) is 57.3 Å². The molecule has 0 saturated carbocycles. The van der Waals surface area contributed by atoms with Crippen LogP contribution in [0.4, 0.5) is 15.9 Å². The summed E-state index contributed by atoms with van der Waals surface area (Å²) in [4.78, 5) is 21.4. The first-order chi connectivity index (χ1) is 14.6. The van der Waals surface area contributed by atoms with Crippen molar-refractivity contribution in [1.82, 2.24) is 24.6 Å². The van der Waals surface area contributed by atoms with Crippen LogP contribution in [0.2, 0.25) is 0 Å². The van der Waals surface area contributed by atoms with Crippen LogP contribution < -0.4 is 10.2 Å². The van der Waals surface area contributed by atoms with Gasteiger partial charge >= 0.3 is 0 Å². The number of halogens is 1. The second kappa shape index (κ2) is 7.06. The number of carbonyl (C=O) groups excluding carboxylic acids is 1. The molecule has 2 N–H and O–H groups in total. The maximum atomic E-state index is 15.6. The second-order valence-corrected chi connectivity index (χ2v) is 7.34. The van der Waals surface area contributed by atoms with Crippen LogP contribution in [-0.2, 0) is 9.53 Å². The Hall–Kier alpha value is -3.53. The van der Waals surface area contributed by atoms with Crippen LogP contribution in [0.5, 0.6) is 0 Å². The average molecular weight is 409 g/mol. The fraction of sp³-hybridized carbons (Fsp3) is 0.300. The number of rotatable bonds is 5. The molecule has 0 aliphatic carbocycles. The highest BCUT2D eigenvalue weighted by atomic mass is 19.1. The van der Waals surface area contributed by atoms with Crippen LogP contribution in [0.3, 0.4) is 0 Å². The molecule has 0 spiro atoms.